The van der Waals surface area contributed by atoms with Crippen LogP contribution in [0.15, 0.2) is 12.1 Å². The van der Waals surface area contributed by atoms with Crippen molar-refractivity contribution >= 4 is 13.3 Å². The smallest absolute Gasteiger partial charge is 0.239 e. The van der Waals surface area contributed by atoms with Crippen LogP contribution < -0.4 is 5.46 Å². The molecule has 1 aromatic heterocycles. The van der Waals surface area contributed by atoms with E-state index in [1.165, 1.54) is 0 Å². The zero-order valence-electron chi connectivity index (χ0n) is 7.37. The van der Waals surface area contributed by atoms with Gasteiger partial charge in [0.1, 0.15) is 19.2 Å². The molecule has 1 rings (SSSR count). The lowest BCUT2D eigenvalue weighted by Crippen LogP contribution is -2.24. The second-order valence-electron chi connectivity index (χ2n) is 2.86. The molecule has 82 valence electrons. The number of hydrogen-bond donors (Lipinski definition) is 0. The molecule has 0 radical (unpaired) electrons. The lowest BCUT2D eigenvalue weighted by atomic mass is 9.93. The van der Waals surface area contributed by atoms with Gasteiger partial charge in [-0.3, -0.25) is 0 Å². The first kappa shape index (κ1) is 11.9. The van der Waals surface area contributed by atoms with E-state index in [-0.39, 0.29) is 5.46 Å². The van der Waals surface area contributed by atoms with Gasteiger partial charge in [-0.1, -0.05) is 11.5 Å². The van der Waals surface area contributed by atoms with Crippen LogP contribution in [0.5, 0.6) is 0 Å². The second kappa shape index (κ2) is 3.43. The van der Waals surface area contributed by atoms with Crippen LogP contribution >= 0.6 is 0 Å². The summed E-state index contributed by atoms with van der Waals surface area (Å²) in [5.41, 5.74) is -3.38. The summed E-state index contributed by atoms with van der Waals surface area (Å²) in [6.45, 7) is 0. The van der Waals surface area contributed by atoms with Gasteiger partial charge in [0.15, 0.2) is 0 Å². The number of nitrogens with zero attached hydrogens (tertiary/aromatic N) is 1. The summed E-state index contributed by atoms with van der Waals surface area (Å²) < 4.78 is 72.7. The van der Waals surface area contributed by atoms with Crippen LogP contribution in [0.1, 0.15) is 11.4 Å². The molecule has 0 aliphatic rings. The van der Waals surface area contributed by atoms with Crippen LogP contribution in [-0.4, -0.2) is 12.8 Å². The van der Waals surface area contributed by atoms with Crippen molar-refractivity contribution in [2.45, 2.75) is 12.4 Å². The van der Waals surface area contributed by atoms with Gasteiger partial charge in [0.25, 0.3) is 0 Å². The molecule has 0 aliphatic heterocycles. The van der Waals surface area contributed by atoms with Crippen LogP contribution in [0.25, 0.3) is 0 Å². The van der Waals surface area contributed by atoms with E-state index in [2.05, 4.69) is 4.98 Å². The maximum atomic E-state index is 12.2. The molecule has 0 aromatic carbocycles. The Kier molecular flexibility index (Phi) is 2.71. The lowest BCUT2D eigenvalue weighted by Gasteiger charge is -2.12. The van der Waals surface area contributed by atoms with Crippen molar-refractivity contribution in [2.75, 3.05) is 0 Å². The Morgan fingerprint density at radius 1 is 0.933 bits per heavy atom. The first-order valence-electron chi connectivity index (χ1n) is 3.74. The lowest BCUT2D eigenvalue weighted by molar-refractivity contribution is -0.149. The summed E-state index contributed by atoms with van der Waals surface area (Å²) in [6, 6.07) is 1.27. The predicted octanol–water partition coefficient (Wildman–Crippen LogP) is 1.38. The highest BCUT2D eigenvalue weighted by molar-refractivity contribution is 6.33. The zero-order valence-corrected chi connectivity index (χ0v) is 7.37. The third-order valence-corrected chi connectivity index (χ3v) is 1.66. The highest BCUT2D eigenvalue weighted by Crippen LogP contribution is 2.31. The average molecular weight is 227 g/mol. The highest BCUT2D eigenvalue weighted by Gasteiger charge is 2.38. The molecule has 0 saturated carbocycles. The third kappa shape index (κ3) is 2.63. The van der Waals surface area contributed by atoms with Crippen molar-refractivity contribution in [3.8, 4) is 0 Å². The molecule has 1 aromatic rings. The predicted molar refractivity (Wildman–Crippen MR) is 42.4 cm³/mol. The quantitative estimate of drug-likeness (QED) is 0.481. The maximum Gasteiger partial charge on any atom is 0.433 e. The molecule has 0 N–H and O–H groups in total. The summed E-state index contributed by atoms with van der Waals surface area (Å²) >= 11 is 0. The minimum absolute atomic E-state index is 0.337. The normalized spacial score (nSPS) is 12.9. The fourth-order valence-electron chi connectivity index (χ4n) is 0.974. The summed E-state index contributed by atoms with van der Waals surface area (Å²) in [4.78, 5) is 2.56. The molecule has 1 nitrogen and oxygen atoms in total. The van der Waals surface area contributed by atoms with E-state index in [1.807, 2.05) is 0 Å². The third-order valence-electron chi connectivity index (χ3n) is 1.66. The van der Waals surface area contributed by atoms with Crippen molar-refractivity contribution in [1.82, 2.24) is 4.98 Å². The molecule has 0 fully saturated rings. The Bertz CT molecular complexity index is 369. The van der Waals surface area contributed by atoms with Gasteiger partial charge in [-0.2, -0.15) is 26.3 Å². The van der Waals surface area contributed by atoms with E-state index in [9.17, 15) is 26.3 Å². The Labute approximate surface area is 81.5 Å². The molecule has 8 heteroatoms. The molecule has 1 heterocycles. The van der Waals surface area contributed by atoms with E-state index >= 15 is 0 Å². The largest absolute Gasteiger partial charge is 0.433 e. The molecule has 0 saturated heterocycles. The average Bonchev–Trinajstić information content (AvgIpc) is 2.00. The summed E-state index contributed by atoms with van der Waals surface area (Å²) in [6.07, 6.45) is -9.74. The van der Waals surface area contributed by atoms with Crippen molar-refractivity contribution < 1.29 is 26.3 Å². The van der Waals surface area contributed by atoms with Crippen molar-refractivity contribution in [3.05, 3.63) is 23.5 Å². The molecule has 0 unspecified atom stereocenters. The zero-order chi connectivity index (χ0) is 11.9. The summed E-state index contributed by atoms with van der Waals surface area (Å²) in [5, 5.41) is 0. The van der Waals surface area contributed by atoms with Crippen LogP contribution in [-0.2, 0) is 12.4 Å². The fraction of sp³-hybridized carbons (Fsp3) is 0.286. The van der Waals surface area contributed by atoms with Crippen LogP contribution in [0.2, 0.25) is 0 Å². The summed E-state index contributed by atoms with van der Waals surface area (Å²) in [5.74, 6) is 0. The molecule has 0 spiro atoms. The number of halogens is 6. The topological polar surface area (TPSA) is 12.9 Å². The maximum absolute atomic E-state index is 12.2. The Balaban J connectivity index is 3.30. The Morgan fingerprint density at radius 2 is 1.47 bits per heavy atom. The molecule has 0 bridgehead atoms. The number of hydrogen-bond acceptors (Lipinski definition) is 1. The van der Waals surface area contributed by atoms with E-state index in [1.54, 1.807) is 0 Å². The van der Waals surface area contributed by atoms with E-state index < -0.39 is 23.7 Å². The number of alkyl halides is 6. The first-order chi connectivity index (χ1) is 6.62. The molecule has 0 atom stereocenters. The standard InChI is InChI=1S/C7H4BF6N/c8-3-1-2-4(6(9,10)11)15-5(3)7(12,13)14/h1-2H,8H2. The van der Waals surface area contributed by atoms with Crippen molar-refractivity contribution in [2.24, 2.45) is 0 Å². The second-order valence-corrected chi connectivity index (χ2v) is 2.86. The van der Waals surface area contributed by atoms with Crippen LogP contribution in [0.4, 0.5) is 26.3 Å². The number of pyridine rings is 1. The monoisotopic (exact) mass is 227 g/mol. The van der Waals surface area contributed by atoms with Gasteiger partial charge in [0.2, 0.25) is 0 Å². The van der Waals surface area contributed by atoms with Crippen molar-refractivity contribution in [1.29, 1.82) is 0 Å². The number of rotatable bonds is 0. The Morgan fingerprint density at radius 3 is 1.87 bits per heavy atom. The minimum atomic E-state index is -4.87. The van der Waals surface area contributed by atoms with Gasteiger partial charge < -0.3 is 0 Å². The van der Waals surface area contributed by atoms with E-state index in [4.69, 9.17) is 0 Å². The molecular formula is C7H4BF6N. The van der Waals surface area contributed by atoms with Gasteiger partial charge in [-0.15, -0.1) is 0 Å². The summed E-state index contributed by atoms with van der Waals surface area (Å²) in [7, 11) is 1.05. The molecule has 0 aliphatic carbocycles. The van der Waals surface area contributed by atoms with Gasteiger partial charge in [0, 0.05) is 0 Å². The Hall–Kier alpha value is -1.21. The van der Waals surface area contributed by atoms with Crippen LogP contribution in [0, 0.1) is 0 Å². The van der Waals surface area contributed by atoms with E-state index in [0.717, 1.165) is 13.9 Å². The molecule has 15 heavy (non-hydrogen) atoms. The SMILES string of the molecule is Bc1ccc(C(F)(F)F)nc1C(F)(F)F. The van der Waals surface area contributed by atoms with Gasteiger partial charge in [-0.25, -0.2) is 4.98 Å². The molecular weight excluding hydrogens is 223 g/mol. The molecule has 0 amide bonds. The van der Waals surface area contributed by atoms with Gasteiger partial charge in [-0.05, 0) is 6.07 Å². The van der Waals surface area contributed by atoms with E-state index in [0.29, 0.717) is 6.07 Å². The van der Waals surface area contributed by atoms with Gasteiger partial charge >= 0.3 is 12.4 Å². The minimum Gasteiger partial charge on any atom is -0.239 e. The first-order valence-corrected chi connectivity index (χ1v) is 3.74. The van der Waals surface area contributed by atoms with Crippen LogP contribution in [0.3, 0.4) is 0 Å². The van der Waals surface area contributed by atoms with Crippen molar-refractivity contribution in [3.63, 3.8) is 0 Å². The van der Waals surface area contributed by atoms with Gasteiger partial charge in [0.05, 0.1) is 0 Å². The highest BCUT2D eigenvalue weighted by atomic mass is 19.4. The fourth-order valence-corrected chi connectivity index (χ4v) is 0.974. The number of aromatic nitrogens is 1.